The smallest absolute Gasteiger partial charge is 0.239 e. The van der Waals surface area contributed by atoms with Crippen molar-refractivity contribution in [2.24, 2.45) is 0 Å². The average molecular weight is 276 g/mol. The van der Waals surface area contributed by atoms with Crippen LogP contribution >= 0.6 is 0 Å². The molecule has 0 unspecified atom stereocenters. The van der Waals surface area contributed by atoms with Gasteiger partial charge in [0.25, 0.3) is 0 Å². The molecule has 0 atom stereocenters. The molecule has 0 aliphatic heterocycles. The van der Waals surface area contributed by atoms with Crippen LogP contribution < -0.4 is 5.32 Å². The molecule has 1 N–H and O–H groups in total. The van der Waals surface area contributed by atoms with Gasteiger partial charge in [-0.1, -0.05) is 18.2 Å². The summed E-state index contributed by atoms with van der Waals surface area (Å²) in [5.41, 5.74) is 0.517. The number of carbonyl (C=O) groups is 1. The first-order chi connectivity index (χ1) is 9.08. The van der Waals surface area contributed by atoms with E-state index in [0.29, 0.717) is 5.69 Å². The van der Waals surface area contributed by atoms with Crippen LogP contribution in [-0.4, -0.2) is 25.1 Å². The highest BCUT2D eigenvalue weighted by Crippen LogP contribution is 2.11. The number of benzene rings is 1. The molecule has 98 valence electrons. The predicted molar refractivity (Wildman–Crippen MR) is 71.4 cm³/mol. The maximum Gasteiger partial charge on any atom is 0.239 e. The third kappa shape index (κ3) is 3.62. The van der Waals surface area contributed by atoms with E-state index in [9.17, 15) is 13.2 Å². The number of nitrogens with zero attached hydrogens (tertiary/aromatic N) is 1. The number of anilines is 1. The minimum absolute atomic E-state index is 0.139. The van der Waals surface area contributed by atoms with Crippen LogP contribution in [0.3, 0.4) is 0 Å². The molecule has 0 saturated carbocycles. The lowest BCUT2D eigenvalue weighted by Crippen LogP contribution is -2.22. The number of hydrogen-bond acceptors (Lipinski definition) is 4. The number of hydrogen-bond donors (Lipinski definition) is 1. The van der Waals surface area contributed by atoms with Gasteiger partial charge in [-0.05, 0) is 24.3 Å². The van der Waals surface area contributed by atoms with Crippen molar-refractivity contribution in [3.05, 3.63) is 54.9 Å². The molecule has 0 aliphatic rings. The van der Waals surface area contributed by atoms with Crippen molar-refractivity contribution in [1.29, 1.82) is 0 Å². The maximum absolute atomic E-state index is 12.0. The molecule has 6 heteroatoms. The van der Waals surface area contributed by atoms with Gasteiger partial charge in [-0.25, -0.2) is 8.42 Å². The molecule has 1 aromatic heterocycles. The molecule has 0 fully saturated rings. The monoisotopic (exact) mass is 276 g/mol. The summed E-state index contributed by atoms with van der Waals surface area (Å²) in [5, 5.41) is 2.51. The fourth-order valence-corrected chi connectivity index (χ4v) is 2.67. The Morgan fingerprint density at radius 2 is 1.68 bits per heavy atom. The Hall–Kier alpha value is -2.21. The Morgan fingerprint density at radius 3 is 2.32 bits per heavy atom. The minimum atomic E-state index is -3.61. The normalized spacial score (nSPS) is 10.9. The van der Waals surface area contributed by atoms with Crippen LogP contribution in [0.4, 0.5) is 5.69 Å². The van der Waals surface area contributed by atoms with E-state index in [2.05, 4.69) is 10.3 Å². The average Bonchev–Trinajstić information content (AvgIpc) is 2.40. The topological polar surface area (TPSA) is 76.1 Å². The lowest BCUT2D eigenvalue weighted by atomic mass is 10.4. The largest absolute Gasteiger partial charge is 0.325 e. The molecule has 19 heavy (non-hydrogen) atoms. The third-order valence-corrected chi connectivity index (χ3v) is 4.02. The number of sulfone groups is 1. The van der Waals surface area contributed by atoms with E-state index in [-0.39, 0.29) is 4.90 Å². The van der Waals surface area contributed by atoms with Gasteiger partial charge < -0.3 is 5.32 Å². The molecule has 5 nitrogen and oxygen atoms in total. The van der Waals surface area contributed by atoms with Gasteiger partial charge in [-0.2, -0.15) is 0 Å². The molecule has 0 radical (unpaired) electrons. The molecule has 2 rings (SSSR count). The number of nitrogens with one attached hydrogen (secondary N) is 1. The van der Waals surface area contributed by atoms with Crippen LogP contribution in [0.1, 0.15) is 0 Å². The predicted octanol–water partition coefficient (Wildman–Crippen LogP) is 1.49. The van der Waals surface area contributed by atoms with Crippen LogP contribution in [-0.2, 0) is 14.6 Å². The lowest BCUT2D eigenvalue weighted by molar-refractivity contribution is -0.113. The van der Waals surface area contributed by atoms with Crippen LogP contribution in [0.5, 0.6) is 0 Å². The maximum atomic E-state index is 12.0. The van der Waals surface area contributed by atoms with Gasteiger partial charge in [0.15, 0.2) is 9.84 Å². The summed E-state index contributed by atoms with van der Waals surface area (Å²) in [5.74, 6) is -1.16. The molecule has 1 amide bonds. The summed E-state index contributed by atoms with van der Waals surface area (Å²) < 4.78 is 23.9. The summed E-state index contributed by atoms with van der Waals surface area (Å²) in [6.45, 7) is 0. The van der Waals surface area contributed by atoms with Crippen molar-refractivity contribution in [1.82, 2.24) is 4.98 Å². The van der Waals surface area contributed by atoms with E-state index in [1.54, 1.807) is 30.3 Å². The van der Waals surface area contributed by atoms with Crippen molar-refractivity contribution in [2.75, 3.05) is 11.1 Å². The number of rotatable bonds is 4. The molecular formula is C13H12N2O3S. The van der Waals surface area contributed by atoms with E-state index in [0.717, 1.165) is 0 Å². The number of amides is 1. The zero-order chi connectivity index (χ0) is 13.7. The lowest BCUT2D eigenvalue weighted by Gasteiger charge is -2.06. The summed E-state index contributed by atoms with van der Waals surface area (Å²) in [6, 6.07) is 11.1. The number of aromatic nitrogens is 1. The van der Waals surface area contributed by atoms with Gasteiger partial charge in [0.1, 0.15) is 5.75 Å². The van der Waals surface area contributed by atoms with Crippen molar-refractivity contribution in [2.45, 2.75) is 4.90 Å². The van der Waals surface area contributed by atoms with E-state index < -0.39 is 21.5 Å². The second-order valence-corrected chi connectivity index (χ2v) is 5.85. The Morgan fingerprint density at radius 1 is 1.05 bits per heavy atom. The molecule has 1 heterocycles. The fourth-order valence-electron chi connectivity index (χ4n) is 1.52. The summed E-state index contributed by atoms with van der Waals surface area (Å²) in [4.78, 5) is 15.6. The highest BCUT2D eigenvalue weighted by atomic mass is 32.2. The molecule has 0 bridgehead atoms. The van der Waals surface area contributed by atoms with Crippen molar-refractivity contribution in [3.8, 4) is 0 Å². The Balaban J connectivity index is 2.07. The van der Waals surface area contributed by atoms with E-state index in [4.69, 9.17) is 0 Å². The van der Waals surface area contributed by atoms with Crippen molar-refractivity contribution in [3.63, 3.8) is 0 Å². The summed E-state index contributed by atoms with van der Waals surface area (Å²) in [7, 11) is -3.61. The van der Waals surface area contributed by atoms with Gasteiger partial charge in [-0.3, -0.25) is 9.78 Å². The Labute approximate surface area is 111 Å². The van der Waals surface area contributed by atoms with E-state index in [1.165, 1.54) is 24.5 Å². The van der Waals surface area contributed by atoms with Gasteiger partial charge >= 0.3 is 0 Å². The second kappa shape index (κ2) is 5.62. The quantitative estimate of drug-likeness (QED) is 0.918. The number of carbonyl (C=O) groups excluding carboxylic acids is 1. The van der Waals surface area contributed by atoms with Crippen LogP contribution in [0.25, 0.3) is 0 Å². The molecule has 0 aliphatic carbocycles. The first-order valence-corrected chi connectivity index (χ1v) is 7.21. The standard InChI is InChI=1S/C13H12N2O3S/c16-13(15-11-6-8-14-9-7-11)10-19(17,18)12-4-2-1-3-5-12/h1-9H,10H2,(H,14,15,16). The zero-order valence-electron chi connectivity index (χ0n) is 9.98. The van der Waals surface area contributed by atoms with Gasteiger partial charge in [0, 0.05) is 18.1 Å². The molecule has 0 spiro atoms. The zero-order valence-corrected chi connectivity index (χ0v) is 10.8. The summed E-state index contributed by atoms with van der Waals surface area (Å²) >= 11 is 0. The molecule has 2 aromatic rings. The number of pyridine rings is 1. The van der Waals surface area contributed by atoms with E-state index >= 15 is 0 Å². The van der Waals surface area contributed by atoms with E-state index in [1.807, 2.05) is 0 Å². The van der Waals surface area contributed by atoms with Crippen molar-refractivity contribution < 1.29 is 13.2 Å². The van der Waals surface area contributed by atoms with Crippen LogP contribution in [0, 0.1) is 0 Å². The Kier molecular flexibility index (Phi) is 3.91. The highest BCUT2D eigenvalue weighted by Gasteiger charge is 2.18. The molecule has 0 saturated heterocycles. The fraction of sp³-hybridized carbons (Fsp3) is 0.0769. The Bertz CT molecular complexity index is 655. The molecule has 1 aromatic carbocycles. The second-order valence-electron chi connectivity index (χ2n) is 3.86. The highest BCUT2D eigenvalue weighted by molar-refractivity contribution is 7.92. The first-order valence-electron chi connectivity index (χ1n) is 5.55. The SMILES string of the molecule is O=C(CS(=O)(=O)c1ccccc1)Nc1ccncc1. The molecular weight excluding hydrogens is 264 g/mol. The summed E-state index contributed by atoms with van der Waals surface area (Å²) in [6.07, 6.45) is 3.03. The van der Waals surface area contributed by atoms with Gasteiger partial charge in [0.2, 0.25) is 5.91 Å². The van der Waals surface area contributed by atoms with Gasteiger partial charge in [0.05, 0.1) is 4.90 Å². The van der Waals surface area contributed by atoms with Gasteiger partial charge in [-0.15, -0.1) is 0 Å². The minimum Gasteiger partial charge on any atom is -0.325 e. The third-order valence-electron chi connectivity index (χ3n) is 2.39. The van der Waals surface area contributed by atoms with Crippen LogP contribution in [0.15, 0.2) is 59.8 Å². The first kappa shape index (κ1) is 13.2. The van der Waals surface area contributed by atoms with Crippen LogP contribution in [0.2, 0.25) is 0 Å². The van der Waals surface area contributed by atoms with Crippen molar-refractivity contribution >= 4 is 21.4 Å².